The van der Waals surface area contributed by atoms with Gasteiger partial charge in [-0.05, 0) is 25.7 Å². The molecule has 5 nitrogen and oxygen atoms in total. The summed E-state index contributed by atoms with van der Waals surface area (Å²) in [5.74, 6) is -0.489. The van der Waals surface area contributed by atoms with Crippen LogP contribution in [0.1, 0.15) is 60.6 Å². The van der Waals surface area contributed by atoms with Gasteiger partial charge in [0.2, 0.25) is 5.91 Å². The highest BCUT2D eigenvalue weighted by Gasteiger charge is 2.21. The van der Waals surface area contributed by atoms with Gasteiger partial charge in [0.25, 0.3) is 0 Å². The number of nitrogens with zero attached hydrogens (tertiary/aromatic N) is 1. The molecule has 1 atom stereocenters. The summed E-state index contributed by atoms with van der Waals surface area (Å²) in [6.45, 7) is 1.83. The van der Waals surface area contributed by atoms with Crippen LogP contribution < -0.4 is 5.32 Å². The molecule has 1 heterocycles. The fourth-order valence-electron chi connectivity index (χ4n) is 2.42. The normalized spacial score (nSPS) is 17.3. The minimum atomic E-state index is -1.04. The van der Waals surface area contributed by atoms with Gasteiger partial charge in [-0.3, -0.25) is 4.79 Å². The van der Waals surface area contributed by atoms with Gasteiger partial charge in [-0.1, -0.05) is 12.8 Å². The average molecular weight is 282 g/mol. The van der Waals surface area contributed by atoms with Gasteiger partial charge >= 0.3 is 5.97 Å². The summed E-state index contributed by atoms with van der Waals surface area (Å²) in [6, 6.07) is -0.230. The Bertz CT molecular complexity index is 466. The first kappa shape index (κ1) is 14.0. The molecule has 1 aromatic rings. The summed E-state index contributed by atoms with van der Waals surface area (Å²) in [4.78, 5) is 26.6. The highest BCUT2D eigenvalue weighted by molar-refractivity contribution is 7.09. The van der Waals surface area contributed by atoms with Crippen LogP contribution in [-0.4, -0.2) is 22.0 Å². The molecule has 1 fully saturated rings. The average Bonchev–Trinajstić information content (AvgIpc) is 2.98. The lowest BCUT2D eigenvalue weighted by Gasteiger charge is -2.13. The van der Waals surface area contributed by atoms with E-state index in [1.807, 2.05) is 6.92 Å². The van der Waals surface area contributed by atoms with Crippen molar-refractivity contribution in [3.8, 4) is 0 Å². The van der Waals surface area contributed by atoms with E-state index in [0.717, 1.165) is 12.8 Å². The predicted molar refractivity (Wildman–Crippen MR) is 72.2 cm³/mol. The van der Waals surface area contributed by atoms with Crippen molar-refractivity contribution in [1.29, 1.82) is 0 Å². The van der Waals surface area contributed by atoms with Crippen LogP contribution in [0.25, 0.3) is 0 Å². The summed E-state index contributed by atoms with van der Waals surface area (Å²) in [6.07, 6.45) is 5.30. The van der Waals surface area contributed by atoms with Gasteiger partial charge in [0.1, 0.15) is 5.01 Å². The zero-order chi connectivity index (χ0) is 13.8. The Morgan fingerprint density at radius 2 is 2.21 bits per heavy atom. The third-order valence-electron chi connectivity index (χ3n) is 3.44. The number of carboxylic acids is 1. The number of amides is 1. The lowest BCUT2D eigenvalue weighted by atomic mass is 10.0. The minimum absolute atomic E-state index is 0.0338. The van der Waals surface area contributed by atoms with E-state index < -0.39 is 5.97 Å². The van der Waals surface area contributed by atoms with E-state index in [1.165, 1.54) is 29.6 Å². The van der Waals surface area contributed by atoms with Crippen molar-refractivity contribution in [3.63, 3.8) is 0 Å². The van der Waals surface area contributed by atoms with Crippen LogP contribution in [0.15, 0.2) is 5.38 Å². The van der Waals surface area contributed by atoms with Crippen LogP contribution in [0.3, 0.4) is 0 Å². The number of hydrogen-bond acceptors (Lipinski definition) is 4. The highest BCUT2D eigenvalue weighted by atomic mass is 32.1. The lowest BCUT2D eigenvalue weighted by Crippen LogP contribution is -2.28. The maximum absolute atomic E-state index is 11.9. The quantitative estimate of drug-likeness (QED) is 0.870. The minimum Gasteiger partial charge on any atom is -0.476 e. The second-order valence-electron chi connectivity index (χ2n) is 5.02. The van der Waals surface area contributed by atoms with Crippen LogP contribution in [0, 0.1) is 5.92 Å². The van der Waals surface area contributed by atoms with E-state index in [9.17, 15) is 9.59 Å². The molecule has 0 bridgehead atoms. The maximum atomic E-state index is 11.9. The molecule has 1 aromatic heterocycles. The van der Waals surface area contributed by atoms with E-state index in [1.54, 1.807) is 0 Å². The lowest BCUT2D eigenvalue weighted by molar-refractivity contribution is -0.122. The van der Waals surface area contributed by atoms with Crippen LogP contribution in [-0.2, 0) is 4.79 Å². The monoisotopic (exact) mass is 282 g/mol. The number of nitrogens with one attached hydrogen (secondary N) is 1. The molecule has 1 unspecified atom stereocenters. The molecular formula is C13H18N2O3S. The molecule has 0 saturated heterocycles. The van der Waals surface area contributed by atoms with Crippen molar-refractivity contribution >= 4 is 23.2 Å². The molecule has 2 N–H and O–H groups in total. The van der Waals surface area contributed by atoms with Crippen LogP contribution in [0.2, 0.25) is 0 Å². The Labute approximate surface area is 116 Å². The zero-order valence-electron chi connectivity index (χ0n) is 10.9. The van der Waals surface area contributed by atoms with E-state index in [4.69, 9.17) is 5.11 Å². The zero-order valence-corrected chi connectivity index (χ0v) is 11.7. The summed E-state index contributed by atoms with van der Waals surface area (Å²) >= 11 is 1.26. The molecule has 2 rings (SSSR count). The number of carbonyl (C=O) groups is 2. The number of hydrogen-bond donors (Lipinski definition) is 2. The van der Waals surface area contributed by atoms with E-state index in [2.05, 4.69) is 10.3 Å². The van der Waals surface area contributed by atoms with Crippen molar-refractivity contribution < 1.29 is 14.7 Å². The van der Waals surface area contributed by atoms with Crippen LogP contribution in [0.4, 0.5) is 0 Å². The second kappa shape index (κ2) is 6.14. The fourth-order valence-corrected chi connectivity index (χ4v) is 3.22. The molecule has 0 aliphatic heterocycles. The smallest absolute Gasteiger partial charge is 0.355 e. The molecule has 1 aliphatic carbocycles. The van der Waals surface area contributed by atoms with Gasteiger partial charge in [-0.15, -0.1) is 11.3 Å². The summed E-state index contributed by atoms with van der Waals surface area (Å²) < 4.78 is 0. The van der Waals surface area contributed by atoms with Crippen LogP contribution >= 0.6 is 11.3 Å². The Hall–Kier alpha value is -1.43. The van der Waals surface area contributed by atoms with Crippen molar-refractivity contribution in [2.45, 2.75) is 45.1 Å². The molecule has 6 heteroatoms. The Morgan fingerprint density at radius 1 is 1.53 bits per heavy atom. The van der Waals surface area contributed by atoms with Gasteiger partial charge in [-0.25, -0.2) is 9.78 Å². The first-order valence-electron chi connectivity index (χ1n) is 6.54. The molecule has 104 valence electrons. The highest BCUT2D eigenvalue weighted by Crippen LogP contribution is 2.27. The van der Waals surface area contributed by atoms with Gasteiger partial charge in [0.05, 0.1) is 6.04 Å². The second-order valence-corrected chi connectivity index (χ2v) is 5.91. The Morgan fingerprint density at radius 3 is 2.79 bits per heavy atom. The SMILES string of the molecule is CC(NC(=O)CC1CCCC1)c1nc(C(=O)O)cs1. The largest absolute Gasteiger partial charge is 0.476 e. The number of rotatable bonds is 5. The summed E-state index contributed by atoms with van der Waals surface area (Å²) in [5.41, 5.74) is 0.0388. The third-order valence-corrected chi connectivity index (χ3v) is 4.47. The van der Waals surface area contributed by atoms with Crippen LogP contribution in [0.5, 0.6) is 0 Å². The number of aromatic nitrogens is 1. The van der Waals surface area contributed by atoms with Gasteiger partial charge in [0, 0.05) is 11.8 Å². The summed E-state index contributed by atoms with van der Waals surface area (Å²) in [7, 11) is 0. The molecule has 1 saturated carbocycles. The molecule has 0 radical (unpaired) electrons. The van der Waals surface area contributed by atoms with E-state index >= 15 is 0 Å². The van der Waals surface area contributed by atoms with Crippen molar-refractivity contribution in [1.82, 2.24) is 10.3 Å². The number of carbonyl (C=O) groups excluding carboxylic acids is 1. The Balaban J connectivity index is 1.86. The number of carboxylic acid groups (broad SMARTS) is 1. The molecule has 1 amide bonds. The van der Waals surface area contributed by atoms with Crippen molar-refractivity contribution in [3.05, 3.63) is 16.1 Å². The van der Waals surface area contributed by atoms with Gasteiger partial charge in [0.15, 0.2) is 5.69 Å². The number of aromatic carboxylic acids is 1. The fraction of sp³-hybridized carbons (Fsp3) is 0.615. The maximum Gasteiger partial charge on any atom is 0.355 e. The predicted octanol–water partition coefficient (Wildman–Crippen LogP) is 2.60. The third kappa shape index (κ3) is 3.76. The van der Waals surface area contributed by atoms with E-state index in [-0.39, 0.29) is 17.6 Å². The van der Waals surface area contributed by atoms with Gasteiger partial charge < -0.3 is 10.4 Å². The first-order chi connectivity index (χ1) is 9.06. The van der Waals surface area contributed by atoms with E-state index in [0.29, 0.717) is 17.3 Å². The standard InChI is InChI=1S/C13H18N2O3S/c1-8(12-15-10(7-19-12)13(17)18)14-11(16)6-9-4-2-3-5-9/h7-9H,2-6H2,1H3,(H,14,16)(H,17,18). The molecule has 1 aliphatic rings. The first-order valence-corrected chi connectivity index (χ1v) is 7.42. The van der Waals surface area contributed by atoms with Gasteiger partial charge in [-0.2, -0.15) is 0 Å². The molecular weight excluding hydrogens is 264 g/mol. The topological polar surface area (TPSA) is 79.3 Å². The molecule has 19 heavy (non-hydrogen) atoms. The van der Waals surface area contributed by atoms with Crippen molar-refractivity contribution in [2.75, 3.05) is 0 Å². The molecule has 0 spiro atoms. The number of thiazole rings is 1. The van der Waals surface area contributed by atoms with Crippen molar-refractivity contribution in [2.24, 2.45) is 5.92 Å². The summed E-state index contributed by atoms with van der Waals surface area (Å²) in [5, 5.41) is 13.8. The Kier molecular flexibility index (Phi) is 4.52. The molecule has 0 aromatic carbocycles.